The number of aryl methyl sites for hydroxylation is 1. The first-order valence-corrected chi connectivity index (χ1v) is 10.7. The third-order valence-corrected chi connectivity index (χ3v) is 6.29. The summed E-state index contributed by atoms with van der Waals surface area (Å²) in [6.07, 6.45) is 2.11. The van der Waals surface area contributed by atoms with Crippen molar-refractivity contribution < 1.29 is 9.53 Å². The highest BCUT2D eigenvalue weighted by Gasteiger charge is 2.27. The third-order valence-electron chi connectivity index (χ3n) is 5.25. The highest BCUT2D eigenvalue weighted by Crippen LogP contribution is 2.34. The number of aromatic nitrogens is 1. The van der Waals surface area contributed by atoms with E-state index >= 15 is 0 Å². The number of hydrogen-bond acceptors (Lipinski definition) is 4. The summed E-state index contributed by atoms with van der Waals surface area (Å²) in [5, 5.41) is 0.754. The van der Waals surface area contributed by atoms with Crippen molar-refractivity contribution in [2.24, 2.45) is 0 Å². The third kappa shape index (κ3) is 3.82. The number of para-hydroxylation sites is 1. The number of anilines is 1. The Morgan fingerprint density at radius 1 is 1.25 bits per heavy atom. The van der Waals surface area contributed by atoms with E-state index in [4.69, 9.17) is 9.72 Å². The van der Waals surface area contributed by atoms with Gasteiger partial charge < -0.3 is 4.74 Å². The quantitative estimate of drug-likeness (QED) is 0.569. The zero-order valence-electron chi connectivity index (χ0n) is 16.6. The van der Waals surface area contributed by atoms with Crippen LogP contribution in [0.4, 0.5) is 5.13 Å². The first-order valence-electron chi connectivity index (χ1n) is 9.92. The Kier molecular flexibility index (Phi) is 5.47. The Morgan fingerprint density at radius 2 is 2.04 bits per heavy atom. The summed E-state index contributed by atoms with van der Waals surface area (Å²) in [4.78, 5) is 20.1. The molecule has 4 rings (SSSR count). The molecule has 1 fully saturated rings. The van der Waals surface area contributed by atoms with Crippen molar-refractivity contribution >= 4 is 32.6 Å². The van der Waals surface area contributed by atoms with Crippen molar-refractivity contribution in [3.05, 3.63) is 59.2 Å². The molecule has 0 spiro atoms. The maximum Gasteiger partial charge on any atom is 0.260 e. The molecule has 1 saturated heterocycles. The molecular weight excluding hydrogens is 368 g/mol. The number of amides is 1. The van der Waals surface area contributed by atoms with Gasteiger partial charge in [-0.05, 0) is 49.4 Å². The summed E-state index contributed by atoms with van der Waals surface area (Å²) in [6, 6.07) is 14.0. The SMILES string of the molecule is Cc1ccc(C(=O)N(CC2CCCO2)c2nc3c(C(C)C)cccc3s2)cc1. The van der Waals surface area contributed by atoms with E-state index in [9.17, 15) is 4.79 Å². The van der Waals surface area contributed by atoms with Gasteiger partial charge in [0, 0.05) is 12.2 Å². The first-order chi connectivity index (χ1) is 13.5. The van der Waals surface area contributed by atoms with Crippen molar-refractivity contribution in [1.82, 2.24) is 4.98 Å². The molecule has 1 aliphatic rings. The van der Waals surface area contributed by atoms with Crippen LogP contribution in [0.25, 0.3) is 10.2 Å². The minimum absolute atomic E-state index is 0.0133. The molecule has 5 heteroatoms. The van der Waals surface area contributed by atoms with Crippen LogP contribution in [0.1, 0.15) is 54.1 Å². The van der Waals surface area contributed by atoms with Gasteiger partial charge in [0.05, 0.1) is 22.9 Å². The molecule has 0 aliphatic carbocycles. The molecule has 0 N–H and O–H groups in total. The van der Waals surface area contributed by atoms with E-state index in [-0.39, 0.29) is 12.0 Å². The van der Waals surface area contributed by atoms with Crippen molar-refractivity contribution in [2.75, 3.05) is 18.1 Å². The Balaban J connectivity index is 1.74. The second-order valence-corrected chi connectivity index (χ2v) is 8.77. The Hall–Kier alpha value is -2.24. The van der Waals surface area contributed by atoms with Gasteiger partial charge in [-0.3, -0.25) is 9.69 Å². The molecule has 1 aromatic heterocycles. The molecule has 1 amide bonds. The van der Waals surface area contributed by atoms with Crippen molar-refractivity contribution in [3.8, 4) is 0 Å². The summed E-state index contributed by atoms with van der Waals surface area (Å²) < 4.78 is 6.95. The minimum atomic E-state index is -0.0133. The topological polar surface area (TPSA) is 42.4 Å². The fourth-order valence-corrected chi connectivity index (χ4v) is 4.64. The smallest absolute Gasteiger partial charge is 0.260 e. The lowest BCUT2D eigenvalue weighted by Gasteiger charge is -2.23. The van der Waals surface area contributed by atoms with E-state index in [0.717, 1.165) is 40.4 Å². The summed E-state index contributed by atoms with van der Waals surface area (Å²) in [7, 11) is 0. The average Bonchev–Trinajstić information content (AvgIpc) is 3.35. The van der Waals surface area contributed by atoms with E-state index in [1.165, 1.54) is 5.56 Å². The molecule has 0 bridgehead atoms. The lowest BCUT2D eigenvalue weighted by atomic mass is 10.0. The van der Waals surface area contributed by atoms with Gasteiger partial charge >= 0.3 is 0 Å². The van der Waals surface area contributed by atoms with Gasteiger partial charge in [-0.15, -0.1) is 0 Å². The number of fused-ring (bicyclic) bond motifs is 1. The van der Waals surface area contributed by atoms with Gasteiger partial charge in [-0.1, -0.05) is 55.0 Å². The summed E-state index contributed by atoms with van der Waals surface area (Å²) in [5.41, 5.74) is 4.06. The van der Waals surface area contributed by atoms with Crippen LogP contribution in [0.3, 0.4) is 0 Å². The second kappa shape index (κ2) is 8.02. The van der Waals surface area contributed by atoms with Crippen molar-refractivity contribution in [2.45, 2.75) is 45.6 Å². The van der Waals surface area contributed by atoms with E-state index in [2.05, 4.69) is 32.0 Å². The zero-order valence-corrected chi connectivity index (χ0v) is 17.5. The molecule has 28 heavy (non-hydrogen) atoms. The normalized spacial score (nSPS) is 16.8. The molecule has 2 heterocycles. The minimum Gasteiger partial charge on any atom is -0.376 e. The largest absolute Gasteiger partial charge is 0.376 e. The predicted molar refractivity (Wildman–Crippen MR) is 116 cm³/mol. The zero-order chi connectivity index (χ0) is 19.7. The number of nitrogens with zero attached hydrogens (tertiary/aromatic N) is 2. The van der Waals surface area contributed by atoms with Crippen LogP contribution in [-0.2, 0) is 4.74 Å². The molecule has 1 aliphatic heterocycles. The maximum absolute atomic E-state index is 13.4. The van der Waals surface area contributed by atoms with E-state index in [1.54, 1.807) is 11.3 Å². The van der Waals surface area contributed by atoms with Crippen LogP contribution >= 0.6 is 11.3 Å². The monoisotopic (exact) mass is 394 g/mol. The fraction of sp³-hybridized carbons (Fsp3) is 0.391. The highest BCUT2D eigenvalue weighted by atomic mass is 32.1. The van der Waals surface area contributed by atoms with Crippen LogP contribution in [0, 0.1) is 6.92 Å². The van der Waals surface area contributed by atoms with Crippen LogP contribution in [-0.4, -0.2) is 30.1 Å². The Labute approximate surface area is 170 Å². The molecule has 0 radical (unpaired) electrons. The molecule has 4 nitrogen and oxygen atoms in total. The number of hydrogen-bond donors (Lipinski definition) is 0. The summed E-state index contributed by atoms with van der Waals surface area (Å²) >= 11 is 1.58. The Morgan fingerprint density at radius 3 is 2.71 bits per heavy atom. The number of ether oxygens (including phenoxy) is 1. The van der Waals surface area contributed by atoms with Gasteiger partial charge in [0.2, 0.25) is 0 Å². The number of benzene rings is 2. The molecule has 1 unspecified atom stereocenters. The van der Waals surface area contributed by atoms with Gasteiger partial charge in [-0.25, -0.2) is 4.98 Å². The van der Waals surface area contributed by atoms with Crippen LogP contribution in [0.15, 0.2) is 42.5 Å². The summed E-state index contributed by atoms with van der Waals surface area (Å²) in [5.74, 6) is 0.374. The Bertz CT molecular complexity index is 972. The molecule has 3 aromatic rings. The second-order valence-electron chi connectivity index (χ2n) is 7.76. The van der Waals surface area contributed by atoms with Crippen molar-refractivity contribution in [1.29, 1.82) is 0 Å². The van der Waals surface area contributed by atoms with Gasteiger partial charge in [0.15, 0.2) is 5.13 Å². The number of rotatable bonds is 5. The van der Waals surface area contributed by atoms with Crippen LogP contribution in [0.2, 0.25) is 0 Å². The molecule has 1 atom stereocenters. The van der Waals surface area contributed by atoms with Crippen molar-refractivity contribution in [3.63, 3.8) is 0 Å². The van der Waals surface area contributed by atoms with Gasteiger partial charge in [-0.2, -0.15) is 0 Å². The van der Waals surface area contributed by atoms with Gasteiger partial charge in [0.25, 0.3) is 5.91 Å². The predicted octanol–water partition coefficient (Wildman–Crippen LogP) is 5.55. The van der Waals surface area contributed by atoms with E-state index in [1.807, 2.05) is 36.1 Å². The molecule has 0 saturated carbocycles. The molecule has 146 valence electrons. The standard InChI is InChI=1S/C23H26N2O2S/c1-15(2)19-7-4-8-20-21(19)24-23(28-20)25(14-18-6-5-13-27-18)22(26)17-11-9-16(3)10-12-17/h4,7-12,15,18H,5-6,13-14H2,1-3H3. The number of carbonyl (C=O) groups excluding carboxylic acids is 1. The van der Waals surface area contributed by atoms with Crippen LogP contribution < -0.4 is 4.90 Å². The maximum atomic E-state index is 13.4. The molecular formula is C23H26N2O2S. The van der Waals surface area contributed by atoms with E-state index < -0.39 is 0 Å². The van der Waals surface area contributed by atoms with Crippen LogP contribution in [0.5, 0.6) is 0 Å². The lowest BCUT2D eigenvalue weighted by Crippen LogP contribution is -2.37. The number of thiazole rings is 1. The number of carbonyl (C=O) groups is 1. The van der Waals surface area contributed by atoms with E-state index in [0.29, 0.717) is 18.0 Å². The summed E-state index contributed by atoms with van der Waals surface area (Å²) in [6.45, 7) is 7.70. The first kappa shape index (κ1) is 19.1. The fourth-order valence-electron chi connectivity index (χ4n) is 3.63. The molecule has 2 aromatic carbocycles. The van der Waals surface area contributed by atoms with Gasteiger partial charge in [0.1, 0.15) is 0 Å². The highest BCUT2D eigenvalue weighted by molar-refractivity contribution is 7.22. The average molecular weight is 395 g/mol. The lowest BCUT2D eigenvalue weighted by molar-refractivity contribution is 0.0917.